The molecule has 2 heterocycles. The Labute approximate surface area is 109 Å². The zero-order valence-electron chi connectivity index (χ0n) is 11.4. The second-order valence-electron chi connectivity index (χ2n) is 4.89. The van der Waals surface area contributed by atoms with Gasteiger partial charge >= 0.3 is 0 Å². The Morgan fingerprint density at radius 1 is 1.28 bits per heavy atom. The van der Waals surface area contributed by atoms with E-state index in [-0.39, 0.29) is 0 Å². The molecule has 1 saturated heterocycles. The average molecular weight is 253 g/mol. The summed E-state index contributed by atoms with van der Waals surface area (Å²) in [5.41, 5.74) is 1.04. The minimum absolute atomic E-state index is 0.860. The predicted octanol–water partition coefficient (Wildman–Crippen LogP) is 1.14. The van der Waals surface area contributed by atoms with E-state index in [1.165, 1.54) is 0 Å². The number of hydrogen-bond donors (Lipinski definition) is 0. The van der Waals surface area contributed by atoms with Gasteiger partial charge in [-0.05, 0) is 13.3 Å². The maximum Gasteiger partial charge on any atom is 0.133 e. The number of nitrogens with zero attached hydrogens (tertiary/aromatic N) is 3. The molecule has 1 aliphatic heterocycles. The zero-order chi connectivity index (χ0) is 12.8. The number of ether oxygens (including phenoxy) is 1. The molecule has 1 aliphatic rings. The van der Waals surface area contributed by atoms with Gasteiger partial charge in [-0.1, -0.05) is 5.16 Å². The van der Waals surface area contributed by atoms with Crippen molar-refractivity contribution in [1.82, 2.24) is 15.0 Å². The standard InChI is InChI=1S/C13H23N3O2/c1-12-10-13(14-18-12)11-16-7-5-15(6-8-16)4-3-9-17-2/h10H,3-9,11H2,1-2H3. The van der Waals surface area contributed by atoms with Crippen molar-refractivity contribution in [2.24, 2.45) is 0 Å². The van der Waals surface area contributed by atoms with Crippen LogP contribution in [0.2, 0.25) is 0 Å². The third kappa shape index (κ3) is 4.08. The minimum Gasteiger partial charge on any atom is -0.385 e. The fraction of sp³-hybridized carbons (Fsp3) is 0.769. The van der Waals surface area contributed by atoms with E-state index in [9.17, 15) is 0 Å². The van der Waals surface area contributed by atoms with Crippen LogP contribution in [0.25, 0.3) is 0 Å². The van der Waals surface area contributed by atoms with E-state index in [0.717, 1.165) is 63.8 Å². The van der Waals surface area contributed by atoms with Crippen molar-refractivity contribution in [3.8, 4) is 0 Å². The highest BCUT2D eigenvalue weighted by Crippen LogP contribution is 2.09. The minimum atomic E-state index is 0.860. The van der Waals surface area contributed by atoms with Crippen LogP contribution in [0.5, 0.6) is 0 Å². The Hall–Kier alpha value is -0.910. The van der Waals surface area contributed by atoms with Crippen LogP contribution in [-0.4, -0.2) is 61.4 Å². The number of aryl methyl sites for hydroxylation is 1. The van der Waals surface area contributed by atoms with Crippen molar-refractivity contribution in [3.63, 3.8) is 0 Å². The summed E-state index contributed by atoms with van der Waals surface area (Å²) in [5, 5.41) is 4.04. The second-order valence-corrected chi connectivity index (χ2v) is 4.89. The molecular formula is C13H23N3O2. The van der Waals surface area contributed by atoms with Gasteiger partial charge in [0.15, 0.2) is 0 Å². The van der Waals surface area contributed by atoms with Crippen LogP contribution in [0.15, 0.2) is 10.6 Å². The van der Waals surface area contributed by atoms with E-state index in [1.54, 1.807) is 7.11 Å². The van der Waals surface area contributed by atoms with Crippen LogP contribution in [-0.2, 0) is 11.3 Å². The Kier molecular flexibility index (Phi) is 5.16. The Morgan fingerprint density at radius 3 is 2.61 bits per heavy atom. The first kappa shape index (κ1) is 13.5. The Bertz CT molecular complexity index is 346. The van der Waals surface area contributed by atoms with Gasteiger partial charge in [0.1, 0.15) is 5.76 Å². The van der Waals surface area contributed by atoms with Crippen molar-refractivity contribution < 1.29 is 9.26 Å². The Balaban J connectivity index is 1.67. The molecule has 1 aromatic rings. The SMILES string of the molecule is COCCCN1CCN(Cc2cc(C)on2)CC1. The lowest BCUT2D eigenvalue weighted by molar-refractivity contribution is 0.111. The molecule has 0 bridgehead atoms. The van der Waals surface area contributed by atoms with Crippen LogP contribution >= 0.6 is 0 Å². The highest BCUT2D eigenvalue weighted by Gasteiger charge is 2.17. The summed E-state index contributed by atoms with van der Waals surface area (Å²) in [7, 11) is 1.76. The molecule has 5 heteroatoms. The zero-order valence-corrected chi connectivity index (χ0v) is 11.4. The van der Waals surface area contributed by atoms with Crippen LogP contribution in [0, 0.1) is 6.92 Å². The average Bonchev–Trinajstić information content (AvgIpc) is 2.77. The van der Waals surface area contributed by atoms with Gasteiger partial charge in [-0.15, -0.1) is 0 Å². The maximum atomic E-state index is 5.09. The number of aromatic nitrogens is 1. The highest BCUT2D eigenvalue weighted by atomic mass is 16.5. The molecule has 0 atom stereocenters. The van der Waals surface area contributed by atoms with E-state index in [0.29, 0.717) is 0 Å². The summed E-state index contributed by atoms with van der Waals surface area (Å²) in [4.78, 5) is 4.94. The van der Waals surface area contributed by atoms with E-state index >= 15 is 0 Å². The van der Waals surface area contributed by atoms with E-state index in [2.05, 4.69) is 15.0 Å². The predicted molar refractivity (Wildman–Crippen MR) is 69.5 cm³/mol. The summed E-state index contributed by atoms with van der Waals surface area (Å²) in [6, 6.07) is 2.02. The fourth-order valence-electron chi connectivity index (χ4n) is 2.33. The topological polar surface area (TPSA) is 41.7 Å². The molecule has 0 saturated carbocycles. The van der Waals surface area contributed by atoms with Crippen LogP contribution < -0.4 is 0 Å². The maximum absolute atomic E-state index is 5.09. The Morgan fingerprint density at radius 2 is 2.00 bits per heavy atom. The number of methoxy groups -OCH3 is 1. The summed E-state index contributed by atoms with van der Waals surface area (Å²) in [6.07, 6.45) is 1.12. The third-order valence-electron chi connectivity index (χ3n) is 3.35. The van der Waals surface area contributed by atoms with Gasteiger partial charge in [0.05, 0.1) is 5.69 Å². The van der Waals surface area contributed by atoms with Gasteiger partial charge in [0.25, 0.3) is 0 Å². The lowest BCUT2D eigenvalue weighted by Crippen LogP contribution is -2.46. The van der Waals surface area contributed by atoms with Gasteiger partial charge < -0.3 is 14.2 Å². The molecule has 1 aromatic heterocycles. The van der Waals surface area contributed by atoms with Gasteiger partial charge in [-0.3, -0.25) is 4.90 Å². The molecule has 0 aliphatic carbocycles. The molecule has 0 radical (unpaired) electrons. The molecule has 0 amide bonds. The smallest absolute Gasteiger partial charge is 0.133 e. The van der Waals surface area contributed by atoms with Crippen LogP contribution in [0.3, 0.4) is 0 Å². The third-order valence-corrected chi connectivity index (χ3v) is 3.35. The number of hydrogen-bond acceptors (Lipinski definition) is 5. The quantitative estimate of drug-likeness (QED) is 0.711. The summed E-state index contributed by atoms with van der Waals surface area (Å²) < 4.78 is 10.2. The van der Waals surface area contributed by atoms with Gasteiger partial charge in [0.2, 0.25) is 0 Å². The molecular weight excluding hydrogens is 230 g/mol. The van der Waals surface area contributed by atoms with Gasteiger partial charge in [-0.2, -0.15) is 0 Å². The van der Waals surface area contributed by atoms with E-state index < -0.39 is 0 Å². The van der Waals surface area contributed by atoms with Crippen molar-refractivity contribution in [1.29, 1.82) is 0 Å². The number of rotatable bonds is 6. The number of piperazine rings is 1. The van der Waals surface area contributed by atoms with Crippen molar-refractivity contribution >= 4 is 0 Å². The fourth-order valence-corrected chi connectivity index (χ4v) is 2.33. The van der Waals surface area contributed by atoms with E-state index in [1.807, 2.05) is 13.0 Å². The lowest BCUT2D eigenvalue weighted by Gasteiger charge is -2.34. The largest absolute Gasteiger partial charge is 0.385 e. The van der Waals surface area contributed by atoms with Crippen molar-refractivity contribution in [3.05, 3.63) is 17.5 Å². The molecule has 5 nitrogen and oxygen atoms in total. The monoisotopic (exact) mass is 253 g/mol. The van der Waals surface area contributed by atoms with Crippen LogP contribution in [0.1, 0.15) is 17.9 Å². The molecule has 0 N–H and O–H groups in total. The van der Waals surface area contributed by atoms with Gasteiger partial charge in [-0.25, -0.2) is 0 Å². The molecule has 0 aromatic carbocycles. The normalized spacial score (nSPS) is 18.3. The second kappa shape index (κ2) is 6.87. The summed E-state index contributed by atoms with van der Waals surface area (Å²) in [5.74, 6) is 0.892. The first-order chi connectivity index (χ1) is 8.78. The van der Waals surface area contributed by atoms with Crippen molar-refractivity contribution in [2.45, 2.75) is 19.9 Å². The first-order valence-electron chi connectivity index (χ1n) is 6.64. The molecule has 0 unspecified atom stereocenters. The molecule has 102 valence electrons. The molecule has 2 rings (SSSR count). The summed E-state index contributed by atoms with van der Waals surface area (Å²) in [6.45, 7) is 9.34. The first-order valence-corrected chi connectivity index (χ1v) is 6.64. The molecule has 1 fully saturated rings. The summed E-state index contributed by atoms with van der Waals surface area (Å²) >= 11 is 0. The molecule has 0 spiro atoms. The van der Waals surface area contributed by atoms with Crippen LogP contribution in [0.4, 0.5) is 0 Å². The van der Waals surface area contributed by atoms with Gasteiger partial charge in [0, 0.05) is 59.1 Å². The van der Waals surface area contributed by atoms with E-state index in [4.69, 9.17) is 9.26 Å². The highest BCUT2D eigenvalue weighted by molar-refractivity contribution is 5.03. The van der Waals surface area contributed by atoms with Crippen molar-refractivity contribution in [2.75, 3.05) is 46.4 Å². The lowest BCUT2D eigenvalue weighted by atomic mass is 10.2. The molecule has 18 heavy (non-hydrogen) atoms.